The van der Waals surface area contributed by atoms with Crippen LogP contribution in [0.25, 0.3) is 10.1 Å². The zero-order chi connectivity index (χ0) is 19.4. The van der Waals surface area contributed by atoms with Crippen molar-refractivity contribution in [3.8, 4) is 0 Å². The van der Waals surface area contributed by atoms with E-state index in [4.69, 9.17) is 0 Å². The maximum absolute atomic E-state index is 12.6. The van der Waals surface area contributed by atoms with Crippen LogP contribution in [0.4, 0.5) is 0 Å². The largest absolute Gasteiger partial charge is 0.352 e. The molecule has 3 aromatic rings. The van der Waals surface area contributed by atoms with Crippen molar-refractivity contribution in [3.63, 3.8) is 0 Å². The van der Waals surface area contributed by atoms with Gasteiger partial charge in [-0.1, -0.05) is 31.2 Å². The van der Waals surface area contributed by atoms with Crippen LogP contribution in [0.15, 0.2) is 52.7 Å². The Labute approximate surface area is 163 Å². The number of hydrogen-bond donors (Lipinski definition) is 2. The van der Waals surface area contributed by atoms with Gasteiger partial charge < -0.3 is 5.32 Å². The second-order valence-corrected chi connectivity index (χ2v) is 8.92. The molecular weight excluding hydrogens is 380 g/mol. The monoisotopic (exact) mass is 402 g/mol. The van der Waals surface area contributed by atoms with Crippen LogP contribution in [-0.2, 0) is 16.4 Å². The van der Waals surface area contributed by atoms with E-state index >= 15 is 0 Å². The SMILES string of the molecule is CCNS(=O)(=O)c1ccc(C)c(C(=O)NCCc2csc3ccccc23)c1. The van der Waals surface area contributed by atoms with E-state index < -0.39 is 10.0 Å². The van der Waals surface area contributed by atoms with Crippen molar-refractivity contribution in [2.24, 2.45) is 0 Å². The van der Waals surface area contributed by atoms with Gasteiger partial charge >= 0.3 is 0 Å². The van der Waals surface area contributed by atoms with Crippen molar-refractivity contribution in [2.45, 2.75) is 25.2 Å². The summed E-state index contributed by atoms with van der Waals surface area (Å²) in [6.45, 7) is 4.30. The highest BCUT2D eigenvalue weighted by Gasteiger charge is 2.17. The Kier molecular flexibility index (Phi) is 5.94. The number of hydrogen-bond acceptors (Lipinski definition) is 4. The number of rotatable bonds is 7. The van der Waals surface area contributed by atoms with Gasteiger partial charge in [0.2, 0.25) is 10.0 Å². The summed E-state index contributed by atoms with van der Waals surface area (Å²) in [7, 11) is -3.59. The molecule has 27 heavy (non-hydrogen) atoms. The van der Waals surface area contributed by atoms with Crippen molar-refractivity contribution in [2.75, 3.05) is 13.1 Å². The van der Waals surface area contributed by atoms with Crippen molar-refractivity contribution in [3.05, 3.63) is 64.5 Å². The first-order valence-corrected chi connectivity index (χ1v) is 11.1. The van der Waals surface area contributed by atoms with Crippen LogP contribution < -0.4 is 10.0 Å². The number of aryl methyl sites for hydroxylation is 1. The van der Waals surface area contributed by atoms with E-state index in [2.05, 4.69) is 27.6 Å². The van der Waals surface area contributed by atoms with Gasteiger partial charge in [-0.3, -0.25) is 4.79 Å². The molecule has 0 bridgehead atoms. The smallest absolute Gasteiger partial charge is 0.251 e. The average Bonchev–Trinajstić information content (AvgIpc) is 3.05. The Hall–Kier alpha value is -2.22. The number of carbonyl (C=O) groups excluding carboxylic acids is 1. The maximum atomic E-state index is 12.6. The summed E-state index contributed by atoms with van der Waals surface area (Å²) in [4.78, 5) is 12.7. The predicted molar refractivity (Wildman–Crippen MR) is 110 cm³/mol. The summed E-state index contributed by atoms with van der Waals surface area (Å²) in [5.74, 6) is -0.263. The second-order valence-electron chi connectivity index (χ2n) is 6.24. The second kappa shape index (κ2) is 8.21. The van der Waals surface area contributed by atoms with Crippen molar-refractivity contribution >= 4 is 37.4 Å². The Balaban J connectivity index is 1.71. The molecule has 7 heteroatoms. The summed E-state index contributed by atoms with van der Waals surface area (Å²) in [5, 5.41) is 6.24. The minimum absolute atomic E-state index is 0.101. The molecule has 0 spiro atoms. The number of sulfonamides is 1. The van der Waals surface area contributed by atoms with E-state index in [0.717, 1.165) is 12.0 Å². The van der Waals surface area contributed by atoms with Gasteiger partial charge in [0.25, 0.3) is 5.91 Å². The molecule has 0 radical (unpaired) electrons. The summed E-state index contributed by atoms with van der Waals surface area (Å²) >= 11 is 1.69. The lowest BCUT2D eigenvalue weighted by Crippen LogP contribution is -2.27. The van der Waals surface area contributed by atoms with Crippen LogP contribution in [0.5, 0.6) is 0 Å². The van der Waals surface area contributed by atoms with Gasteiger partial charge in [-0.15, -0.1) is 11.3 Å². The third-order valence-corrected chi connectivity index (χ3v) is 6.89. The van der Waals surface area contributed by atoms with Gasteiger partial charge in [0.15, 0.2) is 0 Å². The van der Waals surface area contributed by atoms with Gasteiger partial charge in [0.05, 0.1) is 4.90 Å². The van der Waals surface area contributed by atoms with Crippen LogP contribution in [0.3, 0.4) is 0 Å². The first kappa shape index (κ1) is 19.5. The zero-order valence-electron chi connectivity index (χ0n) is 15.3. The number of carbonyl (C=O) groups is 1. The fraction of sp³-hybridized carbons (Fsp3) is 0.250. The number of amides is 1. The molecule has 3 rings (SSSR count). The molecule has 0 aliphatic carbocycles. The number of thiophene rings is 1. The molecule has 0 saturated carbocycles. The van der Waals surface area contributed by atoms with Gasteiger partial charge in [-0.05, 0) is 53.4 Å². The Morgan fingerprint density at radius 3 is 2.70 bits per heavy atom. The summed E-state index contributed by atoms with van der Waals surface area (Å²) in [6.07, 6.45) is 0.726. The zero-order valence-corrected chi connectivity index (χ0v) is 16.9. The fourth-order valence-electron chi connectivity index (χ4n) is 2.92. The Morgan fingerprint density at radius 2 is 1.93 bits per heavy atom. The molecule has 5 nitrogen and oxygen atoms in total. The molecular formula is C20H22N2O3S2. The minimum atomic E-state index is -3.59. The number of fused-ring (bicyclic) bond motifs is 1. The lowest BCUT2D eigenvalue weighted by atomic mass is 10.1. The summed E-state index contributed by atoms with van der Waals surface area (Å²) in [5.41, 5.74) is 2.32. The van der Waals surface area contributed by atoms with Gasteiger partial charge in [0, 0.05) is 23.4 Å². The fourth-order valence-corrected chi connectivity index (χ4v) is 4.98. The van der Waals surface area contributed by atoms with Crippen molar-refractivity contribution in [1.82, 2.24) is 10.0 Å². The lowest BCUT2D eigenvalue weighted by molar-refractivity contribution is 0.0953. The van der Waals surface area contributed by atoms with E-state index in [1.54, 1.807) is 31.3 Å². The minimum Gasteiger partial charge on any atom is -0.352 e. The van der Waals surface area contributed by atoms with E-state index in [1.165, 1.54) is 27.8 Å². The molecule has 1 heterocycles. The Bertz CT molecular complexity index is 1070. The van der Waals surface area contributed by atoms with E-state index in [1.807, 2.05) is 12.1 Å². The molecule has 0 unspecified atom stereocenters. The summed E-state index contributed by atoms with van der Waals surface area (Å²) in [6, 6.07) is 12.8. The average molecular weight is 403 g/mol. The molecule has 0 fully saturated rings. The summed E-state index contributed by atoms with van der Waals surface area (Å²) < 4.78 is 28.0. The molecule has 1 aromatic heterocycles. The van der Waals surface area contributed by atoms with E-state index in [-0.39, 0.29) is 10.8 Å². The molecule has 1 amide bonds. The molecule has 0 aliphatic heterocycles. The molecule has 0 saturated heterocycles. The van der Waals surface area contributed by atoms with Crippen LogP contribution >= 0.6 is 11.3 Å². The number of benzene rings is 2. The van der Waals surface area contributed by atoms with Gasteiger partial charge in [-0.2, -0.15) is 0 Å². The van der Waals surface area contributed by atoms with Gasteiger partial charge in [-0.25, -0.2) is 13.1 Å². The first-order valence-electron chi connectivity index (χ1n) is 8.76. The third-order valence-electron chi connectivity index (χ3n) is 4.34. The molecule has 0 atom stereocenters. The standard InChI is InChI=1S/C20H22N2O3S2/c1-3-22-27(24,25)16-9-8-14(2)18(12-16)20(23)21-11-10-15-13-26-19-7-5-4-6-17(15)19/h4-9,12-13,22H,3,10-11H2,1-2H3,(H,21,23). The van der Waals surface area contributed by atoms with E-state index in [9.17, 15) is 13.2 Å². The molecule has 2 N–H and O–H groups in total. The van der Waals surface area contributed by atoms with Crippen LogP contribution in [0.2, 0.25) is 0 Å². The molecule has 2 aromatic carbocycles. The lowest BCUT2D eigenvalue weighted by Gasteiger charge is -2.10. The van der Waals surface area contributed by atoms with Crippen LogP contribution in [0, 0.1) is 6.92 Å². The predicted octanol–water partition coefficient (Wildman–Crippen LogP) is 3.48. The van der Waals surface area contributed by atoms with Crippen LogP contribution in [-0.4, -0.2) is 27.4 Å². The maximum Gasteiger partial charge on any atom is 0.251 e. The van der Waals surface area contributed by atoms with E-state index in [0.29, 0.717) is 18.7 Å². The van der Waals surface area contributed by atoms with Crippen LogP contribution in [0.1, 0.15) is 28.4 Å². The van der Waals surface area contributed by atoms with Gasteiger partial charge in [0.1, 0.15) is 0 Å². The highest BCUT2D eigenvalue weighted by Crippen LogP contribution is 2.25. The molecule has 0 aliphatic rings. The number of nitrogens with one attached hydrogen (secondary N) is 2. The quantitative estimate of drug-likeness (QED) is 0.635. The third kappa shape index (κ3) is 4.37. The Morgan fingerprint density at radius 1 is 1.15 bits per heavy atom. The molecule has 142 valence electrons. The first-order chi connectivity index (χ1) is 12.9. The van der Waals surface area contributed by atoms with Crippen molar-refractivity contribution in [1.29, 1.82) is 0 Å². The normalized spacial score (nSPS) is 11.6. The van der Waals surface area contributed by atoms with Crippen molar-refractivity contribution < 1.29 is 13.2 Å². The topological polar surface area (TPSA) is 75.3 Å². The highest BCUT2D eigenvalue weighted by atomic mass is 32.2. The highest BCUT2D eigenvalue weighted by molar-refractivity contribution is 7.89.